The minimum Gasteiger partial charge on any atom is -0.323 e. The maximum absolute atomic E-state index is 13.7. The first-order valence-corrected chi connectivity index (χ1v) is 9.40. The summed E-state index contributed by atoms with van der Waals surface area (Å²) in [5.74, 6) is -0.669. The molecule has 1 unspecified atom stereocenters. The lowest BCUT2D eigenvalue weighted by Gasteiger charge is -2.12. The Balaban J connectivity index is 1.61. The van der Waals surface area contributed by atoms with E-state index in [0.29, 0.717) is 24.3 Å². The van der Waals surface area contributed by atoms with Crippen molar-refractivity contribution in [3.63, 3.8) is 0 Å². The van der Waals surface area contributed by atoms with E-state index >= 15 is 0 Å². The van der Waals surface area contributed by atoms with Crippen LogP contribution in [0.2, 0.25) is 0 Å². The summed E-state index contributed by atoms with van der Waals surface area (Å²) in [5, 5.41) is 11.5. The molecule has 1 aromatic carbocycles. The molecule has 0 saturated carbocycles. The Hall–Kier alpha value is -2.48. The normalized spacial score (nSPS) is 12.2. The summed E-state index contributed by atoms with van der Waals surface area (Å²) in [7, 11) is 0. The minimum atomic E-state index is -0.275. The molecule has 6 nitrogen and oxygen atoms in total. The van der Waals surface area contributed by atoms with Crippen LogP contribution in [0.15, 0.2) is 41.1 Å². The van der Waals surface area contributed by atoms with Crippen LogP contribution in [0, 0.1) is 25.6 Å². The third-order valence-corrected chi connectivity index (χ3v) is 5.53. The Labute approximate surface area is 165 Å². The predicted octanol–water partition coefficient (Wildman–Crippen LogP) is 3.92. The monoisotopic (exact) mass is 433 g/mol. The summed E-state index contributed by atoms with van der Waals surface area (Å²) in [6.07, 6.45) is 3.25. The lowest BCUT2D eigenvalue weighted by atomic mass is 10.1. The van der Waals surface area contributed by atoms with Crippen molar-refractivity contribution in [1.29, 1.82) is 0 Å². The molecular weight excluding hydrogens is 413 g/mol. The van der Waals surface area contributed by atoms with Crippen LogP contribution in [-0.4, -0.2) is 25.5 Å². The van der Waals surface area contributed by atoms with Crippen LogP contribution >= 0.6 is 15.9 Å². The van der Waals surface area contributed by atoms with Gasteiger partial charge in [-0.05, 0) is 35.8 Å². The summed E-state index contributed by atoms with van der Waals surface area (Å²) >= 11 is 3.49. The summed E-state index contributed by atoms with van der Waals surface area (Å²) in [5.41, 5.74) is 3.01. The van der Waals surface area contributed by atoms with Crippen molar-refractivity contribution in [2.45, 2.75) is 33.9 Å². The zero-order chi connectivity index (χ0) is 19.6. The number of rotatable bonds is 6. The van der Waals surface area contributed by atoms with Gasteiger partial charge in [0, 0.05) is 17.5 Å². The quantitative estimate of drug-likeness (QED) is 0.640. The van der Waals surface area contributed by atoms with Crippen molar-refractivity contribution >= 4 is 27.5 Å². The fourth-order valence-corrected chi connectivity index (χ4v) is 3.06. The molecule has 0 spiro atoms. The largest absolute Gasteiger partial charge is 0.323 e. The van der Waals surface area contributed by atoms with E-state index in [2.05, 4.69) is 31.4 Å². The van der Waals surface area contributed by atoms with Gasteiger partial charge in [-0.1, -0.05) is 25.1 Å². The first kappa shape index (κ1) is 19.3. The number of carbonyl (C=O) groups is 1. The van der Waals surface area contributed by atoms with E-state index in [4.69, 9.17) is 0 Å². The zero-order valence-electron chi connectivity index (χ0n) is 15.4. The van der Waals surface area contributed by atoms with Gasteiger partial charge in [-0.3, -0.25) is 14.2 Å². The average Bonchev–Trinajstić information content (AvgIpc) is 3.17. The van der Waals surface area contributed by atoms with Crippen LogP contribution < -0.4 is 5.32 Å². The van der Waals surface area contributed by atoms with Crippen molar-refractivity contribution in [3.05, 3.63) is 63.9 Å². The van der Waals surface area contributed by atoms with Gasteiger partial charge in [0.2, 0.25) is 5.91 Å². The molecule has 1 N–H and O–H groups in total. The van der Waals surface area contributed by atoms with Gasteiger partial charge in [-0.15, -0.1) is 0 Å². The number of nitrogens with one attached hydrogen (secondary N) is 1. The molecule has 0 fully saturated rings. The number of nitrogens with zero attached hydrogens (tertiary/aromatic N) is 4. The van der Waals surface area contributed by atoms with E-state index in [1.54, 1.807) is 35.3 Å². The van der Waals surface area contributed by atoms with Gasteiger partial charge in [-0.25, -0.2) is 4.39 Å². The third-order valence-electron chi connectivity index (χ3n) is 4.38. The van der Waals surface area contributed by atoms with Crippen molar-refractivity contribution in [2.24, 2.45) is 5.92 Å². The van der Waals surface area contributed by atoms with E-state index < -0.39 is 0 Å². The summed E-state index contributed by atoms with van der Waals surface area (Å²) < 4.78 is 18.1. The Morgan fingerprint density at radius 2 is 2.07 bits per heavy atom. The highest BCUT2D eigenvalue weighted by Gasteiger charge is 2.18. The molecule has 0 saturated heterocycles. The first-order valence-electron chi connectivity index (χ1n) is 8.61. The molecule has 1 atom stereocenters. The van der Waals surface area contributed by atoms with E-state index in [9.17, 15) is 9.18 Å². The number of amides is 1. The minimum absolute atomic E-state index is 0.121. The molecule has 1 amide bonds. The van der Waals surface area contributed by atoms with Gasteiger partial charge in [0.05, 0.1) is 41.1 Å². The van der Waals surface area contributed by atoms with E-state index in [-0.39, 0.29) is 17.6 Å². The van der Waals surface area contributed by atoms with Gasteiger partial charge in [-0.2, -0.15) is 10.2 Å². The van der Waals surface area contributed by atoms with Gasteiger partial charge in [0.15, 0.2) is 0 Å². The fourth-order valence-electron chi connectivity index (χ4n) is 2.78. The number of anilines is 1. The molecule has 0 aliphatic carbocycles. The van der Waals surface area contributed by atoms with Crippen molar-refractivity contribution < 1.29 is 9.18 Å². The van der Waals surface area contributed by atoms with Crippen LogP contribution in [0.4, 0.5) is 10.1 Å². The number of aryl methyl sites for hydroxylation is 1. The first-order chi connectivity index (χ1) is 12.8. The lowest BCUT2D eigenvalue weighted by molar-refractivity contribution is -0.119. The van der Waals surface area contributed by atoms with Crippen LogP contribution in [0.3, 0.4) is 0 Å². The lowest BCUT2D eigenvalue weighted by Crippen LogP contribution is -2.25. The standard InChI is InChI=1S/C19H21BrFN5O/c1-12(9-26-14(3)18(20)13(2)24-26)19(27)23-16-8-22-25(11-16)10-15-6-4-5-7-17(15)21/h4-8,11-12H,9-10H2,1-3H3,(H,23,27). The molecule has 0 radical (unpaired) electrons. The maximum atomic E-state index is 13.7. The Bertz CT molecular complexity index is 965. The molecule has 27 heavy (non-hydrogen) atoms. The second-order valence-corrected chi connectivity index (χ2v) is 7.37. The van der Waals surface area contributed by atoms with Crippen molar-refractivity contribution in [2.75, 3.05) is 5.32 Å². The fraction of sp³-hybridized carbons (Fsp3) is 0.316. The molecule has 2 aromatic heterocycles. The summed E-state index contributed by atoms with van der Waals surface area (Å²) in [4.78, 5) is 12.5. The van der Waals surface area contributed by atoms with Crippen LogP contribution in [0.1, 0.15) is 23.9 Å². The molecule has 3 rings (SSSR count). The molecule has 2 heterocycles. The third kappa shape index (κ3) is 4.44. The van der Waals surface area contributed by atoms with Crippen LogP contribution in [-0.2, 0) is 17.9 Å². The molecule has 0 aliphatic rings. The number of benzene rings is 1. The number of halogens is 2. The van der Waals surface area contributed by atoms with E-state index in [0.717, 1.165) is 15.9 Å². The second kappa shape index (κ2) is 8.04. The van der Waals surface area contributed by atoms with Gasteiger partial charge < -0.3 is 5.32 Å². The number of aromatic nitrogens is 4. The van der Waals surface area contributed by atoms with Crippen LogP contribution in [0.25, 0.3) is 0 Å². The average molecular weight is 434 g/mol. The van der Waals surface area contributed by atoms with E-state index in [1.807, 2.05) is 25.5 Å². The highest BCUT2D eigenvalue weighted by molar-refractivity contribution is 9.10. The van der Waals surface area contributed by atoms with Gasteiger partial charge >= 0.3 is 0 Å². The smallest absolute Gasteiger partial charge is 0.229 e. The molecule has 0 bridgehead atoms. The Kier molecular flexibility index (Phi) is 5.74. The maximum Gasteiger partial charge on any atom is 0.229 e. The molecule has 142 valence electrons. The molecule has 3 aromatic rings. The van der Waals surface area contributed by atoms with Crippen molar-refractivity contribution in [1.82, 2.24) is 19.6 Å². The highest BCUT2D eigenvalue weighted by atomic mass is 79.9. The van der Waals surface area contributed by atoms with Crippen molar-refractivity contribution in [3.8, 4) is 0 Å². The second-order valence-electron chi connectivity index (χ2n) is 6.58. The highest BCUT2D eigenvalue weighted by Crippen LogP contribution is 2.21. The molecule has 8 heteroatoms. The topological polar surface area (TPSA) is 64.7 Å². The molecular formula is C19H21BrFN5O. The number of hydrogen-bond acceptors (Lipinski definition) is 3. The zero-order valence-corrected chi connectivity index (χ0v) is 17.0. The number of hydrogen-bond donors (Lipinski definition) is 1. The van der Waals surface area contributed by atoms with E-state index in [1.165, 1.54) is 6.07 Å². The van der Waals surface area contributed by atoms with Gasteiger partial charge in [0.1, 0.15) is 5.82 Å². The molecule has 0 aliphatic heterocycles. The Morgan fingerprint density at radius 1 is 1.33 bits per heavy atom. The Morgan fingerprint density at radius 3 is 2.74 bits per heavy atom. The van der Waals surface area contributed by atoms with Gasteiger partial charge in [0.25, 0.3) is 0 Å². The predicted molar refractivity (Wildman–Crippen MR) is 105 cm³/mol. The van der Waals surface area contributed by atoms with Crippen LogP contribution in [0.5, 0.6) is 0 Å². The number of carbonyl (C=O) groups excluding carboxylic acids is 1. The summed E-state index contributed by atoms with van der Waals surface area (Å²) in [6.45, 7) is 6.51. The summed E-state index contributed by atoms with van der Waals surface area (Å²) in [6, 6.07) is 6.56. The SMILES string of the molecule is Cc1nn(CC(C)C(=O)Nc2cnn(Cc3ccccc3F)c2)c(C)c1Br.